The summed E-state index contributed by atoms with van der Waals surface area (Å²) in [5.74, 6) is 0.566. The minimum atomic E-state index is -1.37. The molecule has 0 unspecified atom stereocenters. The third kappa shape index (κ3) is 4.67. The molecule has 4 atom stereocenters. The van der Waals surface area contributed by atoms with E-state index in [-0.39, 0.29) is 29.2 Å². The summed E-state index contributed by atoms with van der Waals surface area (Å²) in [6, 6.07) is 3.31. The van der Waals surface area contributed by atoms with Gasteiger partial charge in [0.15, 0.2) is 0 Å². The number of hydrogen-bond acceptors (Lipinski definition) is 10. The van der Waals surface area contributed by atoms with Gasteiger partial charge in [0, 0.05) is 12.7 Å². The van der Waals surface area contributed by atoms with E-state index in [0.717, 1.165) is 0 Å². The van der Waals surface area contributed by atoms with Crippen molar-refractivity contribution in [3.63, 3.8) is 0 Å². The zero-order valence-corrected chi connectivity index (χ0v) is 20.2. The largest absolute Gasteiger partial charge is 0.488 e. The highest BCUT2D eigenvalue weighted by Crippen LogP contribution is 2.37. The van der Waals surface area contributed by atoms with Gasteiger partial charge in [0.25, 0.3) is 0 Å². The smallest absolute Gasteiger partial charge is 0.349 e. The summed E-state index contributed by atoms with van der Waals surface area (Å²) in [5.41, 5.74) is -0.478. The van der Waals surface area contributed by atoms with Gasteiger partial charge in [-0.25, -0.2) is 4.79 Å². The van der Waals surface area contributed by atoms with Gasteiger partial charge in [-0.3, -0.25) is 0 Å². The van der Waals surface area contributed by atoms with E-state index < -0.39 is 35.8 Å². The number of hydrogen-bond donors (Lipinski definition) is 2. The molecular weight excluding hydrogens is 446 g/mol. The first-order valence-electron chi connectivity index (χ1n) is 10.7. The molecule has 34 heavy (non-hydrogen) atoms. The Hall–Kier alpha value is -2.92. The molecule has 1 aliphatic heterocycles. The highest BCUT2D eigenvalue weighted by molar-refractivity contribution is 6.05. The molecule has 2 N–H and O–H groups in total. The van der Waals surface area contributed by atoms with Crippen molar-refractivity contribution in [3.05, 3.63) is 46.3 Å². The molecule has 3 rings (SSSR count). The predicted octanol–water partition coefficient (Wildman–Crippen LogP) is 2.29. The number of methoxy groups -OCH3 is 1. The molecule has 2 aromatic rings. The fourth-order valence-corrected chi connectivity index (χ4v) is 4.10. The number of ether oxygens (including phenoxy) is 4. The summed E-state index contributed by atoms with van der Waals surface area (Å²) >= 11 is 0. The second-order valence-corrected chi connectivity index (χ2v) is 8.46. The van der Waals surface area contributed by atoms with Crippen molar-refractivity contribution in [1.29, 1.82) is 0 Å². The molecule has 0 spiro atoms. The van der Waals surface area contributed by atoms with Crippen LogP contribution in [0.25, 0.3) is 11.0 Å². The molecule has 0 radical (unpaired) electrons. The highest BCUT2D eigenvalue weighted by atomic mass is 16.7. The van der Waals surface area contributed by atoms with Gasteiger partial charge in [0.05, 0.1) is 16.7 Å². The van der Waals surface area contributed by atoms with E-state index in [0.29, 0.717) is 16.7 Å². The maximum atomic E-state index is 12.9. The van der Waals surface area contributed by atoms with E-state index in [1.807, 2.05) is 0 Å². The normalized spacial score (nSPS) is 24.6. The number of aryl methyl sites for hydroxylation is 1. The van der Waals surface area contributed by atoms with Crippen LogP contribution in [0.4, 0.5) is 0 Å². The predicted molar refractivity (Wildman–Crippen MR) is 125 cm³/mol. The highest BCUT2D eigenvalue weighted by Gasteiger charge is 2.50. The van der Waals surface area contributed by atoms with E-state index in [4.69, 9.17) is 28.2 Å². The van der Waals surface area contributed by atoms with Gasteiger partial charge in [0.2, 0.25) is 6.29 Å². The Kier molecular flexibility index (Phi) is 7.67. The van der Waals surface area contributed by atoms with Gasteiger partial charge in [-0.05, 0) is 39.8 Å². The quantitative estimate of drug-likeness (QED) is 0.255. The summed E-state index contributed by atoms with van der Waals surface area (Å²) in [7, 11) is 2.81. The molecule has 10 nitrogen and oxygen atoms in total. The van der Waals surface area contributed by atoms with Crippen molar-refractivity contribution in [1.82, 2.24) is 0 Å². The lowest BCUT2D eigenvalue weighted by molar-refractivity contribution is -0.306. The van der Waals surface area contributed by atoms with Gasteiger partial charge in [-0.1, -0.05) is 17.8 Å². The topological polar surface area (TPSA) is 129 Å². The first-order valence-corrected chi connectivity index (χ1v) is 10.7. The third-order valence-electron chi connectivity index (χ3n) is 5.70. The van der Waals surface area contributed by atoms with Gasteiger partial charge < -0.3 is 38.4 Å². The van der Waals surface area contributed by atoms with Crippen LogP contribution in [0.3, 0.4) is 0 Å². The van der Waals surface area contributed by atoms with Gasteiger partial charge in [0.1, 0.15) is 54.7 Å². The van der Waals surface area contributed by atoms with E-state index in [1.165, 1.54) is 14.2 Å². The van der Waals surface area contributed by atoms with Crippen LogP contribution in [0.1, 0.15) is 31.9 Å². The fraction of sp³-hybridized carbons (Fsp3) is 0.500. The van der Waals surface area contributed by atoms with Crippen LogP contribution in [0.5, 0.6) is 11.5 Å². The van der Waals surface area contributed by atoms with Crippen molar-refractivity contribution in [2.45, 2.75) is 57.9 Å². The van der Waals surface area contributed by atoms with Crippen molar-refractivity contribution in [3.8, 4) is 11.5 Å². The molecule has 1 fully saturated rings. The zero-order valence-electron chi connectivity index (χ0n) is 20.2. The lowest BCUT2D eigenvalue weighted by atomic mass is 9.89. The zero-order chi connectivity index (χ0) is 25.2. The summed E-state index contributed by atoms with van der Waals surface area (Å²) in [6.07, 6.45) is -2.99. The van der Waals surface area contributed by atoms with Crippen LogP contribution >= 0.6 is 0 Å². The summed E-state index contributed by atoms with van der Waals surface area (Å²) in [5, 5.41) is 25.4. The van der Waals surface area contributed by atoms with Crippen LogP contribution in [-0.2, 0) is 14.3 Å². The van der Waals surface area contributed by atoms with Crippen molar-refractivity contribution in [2.24, 2.45) is 5.16 Å². The van der Waals surface area contributed by atoms with Crippen molar-refractivity contribution in [2.75, 3.05) is 20.8 Å². The Labute approximate surface area is 197 Å². The minimum absolute atomic E-state index is 0.130. The lowest BCUT2D eigenvalue weighted by Crippen LogP contribution is -2.63. The van der Waals surface area contributed by atoms with Gasteiger partial charge in [-0.15, -0.1) is 0 Å². The Morgan fingerprint density at radius 3 is 2.59 bits per heavy atom. The number of aliphatic hydroxyl groups is 2. The Balaban J connectivity index is 2.08. The number of fused-ring (bicyclic) bond motifs is 1. The standard InChI is InChI=1S/C24H31NO9/c1-8-11-31-20-14-9-10-15(12(2)19(14)33-22(28)16(20)13(3)25-30-7)32-23-18(27)17(26)21(29-6)24(4,5)34-23/h8-10,17-18,21,23,26-27H,1,11H2,2-7H3/t17-,18+,21+,23+/m0/s1. The first-order chi connectivity index (χ1) is 16.1. The molecule has 186 valence electrons. The van der Waals surface area contributed by atoms with E-state index in [9.17, 15) is 15.0 Å². The Morgan fingerprint density at radius 1 is 1.26 bits per heavy atom. The third-order valence-corrected chi connectivity index (χ3v) is 5.70. The summed E-state index contributed by atoms with van der Waals surface area (Å²) in [6.45, 7) is 10.6. The molecule has 0 saturated carbocycles. The maximum Gasteiger partial charge on any atom is 0.349 e. The summed E-state index contributed by atoms with van der Waals surface area (Å²) < 4.78 is 28.5. The van der Waals surface area contributed by atoms with Crippen LogP contribution < -0.4 is 15.1 Å². The van der Waals surface area contributed by atoms with Crippen molar-refractivity contribution >= 4 is 16.7 Å². The molecule has 2 heterocycles. The average Bonchev–Trinajstić information content (AvgIpc) is 2.77. The molecule has 0 amide bonds. The second kappa shape index (κ2) is 10.1. The molecule has 1 aromatic heterocycles. The van der Waals surface area contributed by atoms with E-state index in [1.54, 1.807) is 45.9 Å². The molecule has 0 bridgehead atoms. The fourth-order valence-electron chi connectivity index (χ4n) is 4.10. The van der Waals surface area contributed by atoms with Crippen molar-refractivity contribution < 1.29 is 38.4 Å². The molecular formula is C24H31NO9. The van der Waals surface area contributed by atoms with E-state index in [2.05, 4.69) is 11.7 Å². The average molecular weight is 478 g/mol. The molecule has 10 heteroatoms. The number of nitrogens with zero attached hydrogens (tertiary/aromatic N) is 1. The second-order valence-electron chi connectivity index (χ2n) is 8.46. The lowest BCUT2D eigenvalue weighted by Gasteiger charge is -2.46. The van der Waals surface area contributed by atoms with Crippen LogP contribution in [0.2, 0.25) is 0 Å². The van der Waals surface area contributed by atoms with Gasteiger partial charge >= 0.3 is 5.63 Å². The van der Waals surface area contributed by atoms with Crippen LogP contribution in [0.15, 0.2) is 39.2 Å². The molecule has 1 aromatic carbocycles. The minimum Gasteiger partial charge on any atom is -0.488 e. The Morgan fingerprint density at radius 2 is 1.97 bits per heavy atom. The summed E-state index contributed by atoms with van der Waals surface area (Å²) in [4.78, 5) is 17.7. The van der Waals surface area contributed by atoms with E-state index >= 15 is 0 Å². The number of oxime groups is 1. The maximum absolute atomic E-state index is 12.9. The van der Waals surface area contributed by atoms with Gasteiger partial charge in [-0.2, -0.15) is 0 Å². The number of benzene rings is 1. The molecule has 1 aliphatic rings. The number of rotatable bonds is 8. The first kappa shape index (κ1) is 25.7. The van der Waals surface area contributed by atoms with Crippen LogP contribution in [-0.4, -0.2) is 67.0 Å². The molecule has 0 aliphatic carbocycles. The monoisotopic (exact) mass is 477 g/mol. The molecule has 1 saturated heterocycles. The Bertz CT molecular complexity index is 1140. The number of aliphatic hydroxyl groups excluding tert-OH is 2. The SMILES string of the molecule is C=CCOc1c(C(C)=NOC)c(=O)oc2c(C)c(O[C@@H]3OC(C)(C)[C@H](OC)[C@@H](O)[C@H]3O)ccc12. The van der Waals surface area contributed by atoms with Crippen LogP contribution in [0, 0.1) is 6.92 Å².